The third-order valence-corrected chi connectivity index (χ3v) is 2.12. The van der Waals surface area contributed by atoms with Crippen molar-refractivity contribution in [2.45, 2.75) is 6.55 Å². The van der Waals surface area contributed by atoms with Crippen LogP contribution in [0.15, 0.2) is 35.3 Å². The second-order valence-corrected chi connectivity index (χ2v) is 3.01. The third-order valence-electron chi connectivity index (χ3n) is 2.12. The Morgan fingerprint density at radius 1 is 1.20 bits per heavy atom. The molecule has 0 bridgehead atoms. The minimum absolute atomic E-state index is 0.200. The number of alkyl halides is 2. The highest BCUT2D eigenvalue weighted by Crippen LogP contribution is 2.15. The summed E-state index contributed by atoms with van der Waals surface area (Å²) in [6.45, 7) is -2.96. The highest BCUT2D eigenvalue weighted by molar-refractivity contribution is 5.81. The smallest absolute Gasteiger partial charge is 0.268 e. The zero-order chi connectivity index (χ0) is 11.0. The van der Waals surface area contributed by atoms with E-state index in [1.807, 2.05) is 0 Å². The van der Waals surface area contributed by atoms with Crippen molar-refractivity contribution in [2.24, 2.45) is 0 Å². The number of fused-ring (bicyclic) bond motifs is 1. The molecule has 0 spiro atoms. The van der Waals surface area contributed by atoms with E-state index in [0.717, 1.165) is 12.3 Å². The maximum Gasteiger partial charge on any atom is 0.321 e. The summed E-state index contributed by atoms with van der Waals surface area (Å²) in [4.78, 5) is 11.4. The summed E-state index contributed by atoms with van der Waals surface area (Å²) in [5.41, 5.74) is -1.01. The molecule has 78 valence electrons. The molecule has 15 heavy (non-hydrogen) atoms. The van der Waals surface area contributed by atoms with Crippen molar-refractivity contribution in [1.29, 1.82) is 0 Å². The van der Waals surface area contributed by atoms with Crippen LogP contribution in [0.1, 0.15) is 6.55 Å². The molecule has 0 saturated heterocycles. The van der Waals surface area contributed by atoms with Gasteiger partial charge in [0.2, 0.25) is 0 Å². The lowest BCUT2D eigenvalue weighted by molar-refractivity contribution is 0.0669. The maximum atomic E-state index is 13.2. The molecular weight excluding hydrogens is 207 g/mol. The summed E-state index contributed by atoms with van der Waals surface area (Å²) in [6, 6.07) is 5.27. The second kappa shape index (κ2) is 3.42. The Hall–Kier alpha value is -1.78. The van der Waals surface area contributed by atoms with Gasteiger partial charge in [0.1, 0.15) is 5.82 Å². The quantitative estimate of drug-likeness (QED) is 0.713. The Labute approximate surface area is 82.6 Å². The van der Waals surface area contributed by atoms with Crippen molar-refractivity contribution in [3.63, 3.8) is 0 Å². The fourth-order valence-electron chi connectivity index (χ4n) is 1.42. The zero-order valence-electron chi connectivity index (χ0n) is 7.45. The lowest BCUT2D eigenvalue weighted by Gasteiger charge is -2.05. The second-order valence-electron chi connectivity index (χ2n) is 3.01. The van der Waals surface area contributed by atoms with Crippen LogP contribution in [0, 0.1) is 5.82 Å². The molecule has 5 heteroatoms. The molecule has 1 heterocycles. The van der Waals surface area contributed by atoms with Crippen molar-refractivity contribution in [2.75, 3.05) is 0 Å². The van der Waals surface area contributed by atoms with Gasteiger partial charge in [-0.2, -0.15) is 8.78 Å². The van der Waals surface area contributed by atoms with Crippen molar-refractivity contribution < 1.29 is 13.2 Å². The average molecular weight is 213 g/mol. The summed E-state index contributed by atoms with van der Waals surface area (Å²) >= 11 is 0. The molecule has 0 aliphatic carbocycles. The van der Waals surface area contributed by atoms with Crippen LogP contribution in [0.4, 0.5) is 13.2 Å². The van der Waals surface area contributed by atoms with Crippen molar-refractivity contribution >= 4 is 10.8 Å². The van der Waals surface area contributed by atoms with Crippen LogP contribution in [0.2, 0.25) is 0 Å². The molecule has 0 radical (unpaired) electrons. The standard InChI is InChI=1S/C10H6F3NO/c11-7-3-1-2-6-4-5-14(10(12)13)9(15)8(6)7/h1-5,10H. The number of nitrogens with zero attached hydrogens (tertiary/aromatic N) is 1. The molecule has 1 aromatic carbocycles. The van der Waals surface area contributed by atoms with Gasteiger partial charge < -0.3 is 0 Å². The first-order valence-corrected chi connectivity index (χ1v) is 4.19. The number of halogens is 3. The van der Waals surface area contributed by atoms with Gasteiger partial charge in [-0.05, 0) is 17.5 Å². The lowest BCUT2D eigenvalue weighted by atomic mass is 10.1. The van der Waals surface area contributed by atoms with Crippen LogP contribution >= 0.6 is 0 Å². The van der Waals surface area contributed by atoms with Gasteiger partial charge in [-0.15, -0.1) is 0 Å². The number of hydrogen-bond donors (Lipinski definition) is 0. The maximum absolute atomic E-state index is 13.2. The summed E-state index contributed by atoms with van der Waals surface area (Å²) in [5.74, 6) is -0.785. The van der Waals surface area contributed by atoms with E-state index < -0.39 is 17.9 Å². The fourth-order valence-corrected chi connectivity index (χ4v) is 1.42. The first kappa shape index (κ1) is 9.76. The predicted octanol–water partition coefficient (Wildman–Crippen LogP) is 2.54. The van der Waals surface area contributed by atoms with E-state index in [0.29, 0.717) is 5.39 Å². The van der Waals surface area contributed by atoms with Gasteiger partial charge in [-0.3, -0.25) is 9.36 Å². The third kappa shape index (κ3) is 1.49. The van der Waals surface area contributed by atoms with Gasteiger partial charge in [0.05, 0.1) is 5.39 Å². The average Bonchev–Trinajstić information content (AvgIpc) is 2.17. The number of hydrogen-bond acceptors (Lipinski definition) is 1. The van der Waals surface area contributed by atoms with Crippen LogP contribution in [0.3, 0.4) is 0 Å². The number of benzene rings is 1. The largest absolute Gasteiger partial charge is 0.321 e. The first-order chi connectivity index (χ1) is 7.11. The van der Waals surface area contributed by atoms with E-state index in [1.165, 1.54) is 18.2 Å². The van der Waals surface area contributed by atoms with E-state index in [1.54, 1.807) is 0 Å². The monoisotopic (exact) mass is 213 g/mol. The van der Waals surface area contributed by atoms with Crippen LogP contribution in [0.25, 0.3) is 10.8 Å². The van der Waals surface area contributed by atoms with Crippen molar-refractivity contribution in [3.05, 3.63) is 46.6 Å². The molecule has 2 aromatic rings. The molecule has 0 atom stereocenters. The highest BCUT2D eigenvalue weighted by atomic mass is 19.3. The van der Waals surface area contributed by atoms with Crippen molar-refractivity contribution in [3.8, 4) is 0 Å². The number of aromatic nitrogens is 1. The Balaban J connectivity index is 2.90. The van der Waals surface area contributed by atoms with Gasteiger partial charge in [-0.1, -0.05) is 12.1 Å². The van der Waals surface area contributed by atoms with E-state index in [4.69, 9.17) is 0 Å². The van der Waals surface area contributed by atoms with Gasteiger partial charge in [-0.25, -0.2) is 4.39 Å². The van der Waals surface area contributed by atoms with Gasteiger partial charge >= 0.3 is 6.55 Å². The summed E-state index contributed by atoms with van der Waals surface area (Å²) < 4.78 is 38.1. The normalized spacial score (nSPS) is 11.2. The van der Waals surface area contributed by atoms with E-state index in [9.17, 15) is 18.0 Å². The van der Waals surface area contributed by atoms with Crippen LogP contribution in [-0.2, 0) is 0 Å². The molecule has 0 fully saturated rings. The van der Waals surface area contributed by atoms with E-state index in [2.05, 4.69) is 0 Å². The van der Waals surface area contributed by atoms with Gasteiger partial charge in [0.15, 0.2) is 0 Å². The van der Waals surface area contributed by atoms with E-state index in [-0.39, 0.29) is 9.95 Å². The van der Waals surface area contributed by atoms with Crippen LogP contribution in [0.5, 0.6) is 0 Å². The lowest BCUT2D eigenvalue weighted by Crippen LogP contribution is -2.20. The molecule has 1 aromatic heterocycles. The molecule has 0 unspecified atom stereocenters. The molecular formula is C10H6F3NO. The zero-order valence-corrected chi connectivity index (χ0v) is 7.45. The minimum Gasteiger partial charge on any atom is -0.268 e. The molecule has 0 saturated carbocycles. The Morgan fingerprint density at radius 2 is 1.93 bits per heavy atom. The minimum atomic E-state index is -2.96. The molecule has 0 amide bonds. The molecule has 2 rings (SSSR count). The van der Waals surface area contributed by atoms with Crippen molar-refractivity contribution in [1.82, 2.24) is 4.57 Å². The van der Waals surface area contributed by atoms with Crippen LogP contribution < -0.4 is 5.56 Å². The SMILES string of the molecule is O=c1c2c(F)cccc2ccn1C(F)F. The van der Waals surface area contributed by atoms with Gasteiger partial charge in [0.25, 0.3) is 5.56 Å². The van der Waals surface area contributed by atoms with Gasteiger partial charge in [0, 0.05) is 6.20 Å². The van der Waals surface area contributed by atoms with E-state index >= 15 is 0 Å². The molecule has 0 aliphatic rings. The molecule has 2 nitrogen and oxygen atoms in total. The topological polar surface area (TPSA) is 22.0 Å². The highest BCUT2D eigenvalue weighted by Gasteiger charge is 2.12. The number of pyridine rings is 1. The first-order valence-electron chi connectivity index (χ1n) is 4.19. The summed E-state index contributed by atoms with van der Waals surface area (Å²) in [7, 11) is 0. The molecule has 0 aliphatic heterocycles. The summed E-state index contributed by atoms with van der Waals surface area (Å²) in [5, 5.41) is 0.0113. The Kier molecular flexibility index (Phi) is 2.22. The Morgan fingerprint density at radius 3 is 2.60 bits per heavy atom. The predicted molar refractivity (Wildman–Crippen MR) is 49.4 cm³/mol. The fraction of sp³-hybridized carbons (Fsp3) is 0.100. The molecule has 0 N–H and O–H groups in total. The van der Waals surface area contributed by atoms with Crippen LogP contribution in [-0.4, -0.2) is 4.57 Å². The number of rotatable bonds is 1. The summed E-state index contributed by atoms with van der Waals surface area (Å²) in [6.07, 6.45) is 0.953. The Bertz CT molecular complexity index is 562.